The van der Waals surface area contributed by atoms with E-state index in [-0.39, 0.29) is 31.6 Å². The van der Waals surface area contributed by atoms with Crippen molar-refractivity contribution in [2.24, 2.45) is 16.7 Å². The molecule has 3 aliphatic heterocycles. The lowest BCUT2D eigenvalue weighted by Crippen LogP contribution is -2.77. The van der Waals surface area contributed by atoms with E-state index >= 15 is 0 Å². The average molecular weight is 508 g/mol. The molecule has 36 heavy (non-hydrogen) atoms. The lowest BCUT2D eigenvalue weighted by Gasteiger charge is -2.60. The SMILES string of the molecule is CC(C)[C@@]1(O)[C@@H](OC(=O)c2ccc[nH]2)[C@@]2(O)[C@@]3(C)C[C@]4(O)O[C@@]5([C@H](O)[C@]6(CC[C@]35O)CO6)[C@@]2(O)[C@]14C. The van der Waals surface area contributed by atoms with Crippen LogP contribution in [0.15, 0.2) is 18.3 Å². The summed E-state index contributed by atoms with van der Waals surface area (Å²) in [6, 6.07) is 3.05. The number of ether oxygens (including phenoxy) is 3. The number of aromatic amines is 1. The number of epoxide rings is 1. The Morgan fingerprint density at radius 3 is 2.39 bits per heavy atom. The van der Waals surface area contributed by atoms with Crippen molar-refractivity contribution < 1.29 is 49.6 Å². The molecule has 4 aliphatic carbocycles. The predicted molar refractivity (Wildman–Crippen MR) is 118 cm³/mol. The molecule has 7 aliphatic rings. The highest BCUT2D eigenvalue weighted by Crippen LogP contribution is 2.91. The summed E-state index contributed by atoms with van der Waals surface area (Å²) in [4.78, 5) is 15.9. The Balaban J connectivity index is 1.55. The first-order valence-electron chi connectivity index (χ1n) is 12.5. The van der Waals surface area contributed by atoms with E-state index in [0.717, 1.165) is 0 Å². The van der Waals surface area contributed by atoms with Crippen molar-refractivity contribution >= 4 is 5.97 Å². The van der Waals surface area contributed by atoms with Crippen LogP contribution in [0.4, 0.5) is 0 Å². The molecule has 0 amide bonds. The molecule has 0 unspecified atom stereocenters. The maximum Gasteiger partial charge on any atom is 0.355 e. The minimum Gasteiger partial charge on any atom is -0.451 e. The fourth-order valence-corrected chi connectivity index (χ4v) is 9.82. The maximum absolute atomic E-state index is 13.2. The van der Waals surface area contributed by atoms with Crippen molar-refractivity contribution in [2.75, 3.05) is 6.61 Å². The van der Waals surface area contributed by atoms with Crippen molar-refractivity contribution in [3.05, 3.63) is 24.0 Å². The van der Waals surface area contributed by atoms with Gasteiger partial charge in [0.1, 0.15) is 39.8 Å². The van der Waals surface area contributed by atoms with Crippen LogP contribution in [-0.2, 0) is 14.2 Å². The molecular formula is C25H33NO10. The summed E-state index contributed by atoms with van der Waals surface area (Å²) in [5.41, 5.74) is -16.8. The zero-order valence-electron chi connectivity index (χ0n) is 20.6. The summed E-state index contributed by atoms with van der Waals surface area (Å²) in [6.07, 6.45) is -2.10. The Hall–Kier alpha value is -1.57. The Labute approximate surface area is 207 Å². The van der Waals surface area contributed by atoms with Crippen LogP contribution >= 0.6 is 0 Å². The topological polar surface area (TPSA) is 185 Å². The zero-order valence-corrected chi connectivity index (χ0v) is 20.6. The van der Waals surface area contributed by atoms with Gasteiger partial charge in [0.2, 0.25) is 0 Å². The number of carbonyl (C=O) groups is 1. The van der Waals surface area contributed by atoms with Crippen molar-refractivity contribution in [1.29, 1.82) is 0 Å². The highest BCUT2D eigenvalue weighted by atomic mass is 16.7. The van der Waals surface area contributed by atoms with E-state index < -0.39 is 74.3 Å². The fraction of sp³-hybridized carbons (Fsp3) is 0.800. The number of esters is 1. The van der Waals surface area contributed by atoms with E-state index in [9.17, 15) is 35.4 Å². The van der Waals surface area contributed by atoms with Gasteiger partial charge in [0.15, 0.2) is 17.5 Å². The van der Waals surface area contributed by atoms with E-state index in [1.165, 1.54) is 26.1 Å². The molecule has 1 aromatic heterocycles. The van der Waals surface area contributed by atoms with Crippen LogP contribution in [0.1, 0.15) is 57.4 Å². The van der Waals surface area contributed by atoms with E-state index in [2.05, 4.69) is 4.98 Å². The molecule has 1 aromatic rings. The molecule has 198 valence electrons. The normalized spacial score (nSPS) is 61.8. The molecule has 4 heterocycles. The first-order chi connectivity index (χ1) is 16.5. The molecule has 11 heteroatoms. The van der Waals surface area contributed by atoms with Gasteiger partial charge in [-0.25, -0.2) is 4.79 Å². The molecule has 11 atom stereocenters. The minimum absolute atomic E-state index is 0.0191. The van der Waals surface area contributed by atoms with E-state index in [0.29, 0.717) is 0 Å². The monoisotopic (exact) mass is 507 g/mol. The van der Waals surface area contributed by atoms with Gasteiger partial charge in [-0.3, -0.25) is 0 Å². The van der Waals surface area contributed by atoms with Gasteiger partial charge in [-0.15, -0.1) is 0 Å². The number of rotatable bonds is 3. The van der Waals surface area contributed by atoms with Gasteiger partial charge in [-0.2, -0.15) is 0 Å². The second kappa shape index (κ2) is 5.72. The summed E-state index contributed by atoms with van der Waals surface area (Å²) >= 11 is 0. The number of hydrogen-bond donors (Lipinski definition) is 7. The Bertz CT molecular complexity index is 1200. The smallest absolute Gasteiger partial charge is 0.355 e. The van der Waals surface area contributed by atoms with Crippen molar-refractivity contribution in [3.63, 3.8) is 0 Å². The highest BCUT2D eigenvalue weighted by Gasteiger charge is 3.11. The number of hydrogen-bond acceptors (Lipinski definition) is 10. The number of aliphatic hydroxyl groups excluding tert-OH is 1. The molecule has 0 aromatic carbocycles. The van der Waals surface area contributed by atoms with Gasteiger partial charge < -0.3 is 49.8 Å². The Morgan fingerprint density at radius 1 is 1.17 bits per heavy atom. The zero-order chi connectivity index (χ0) is 26.2. The second-order valence-electron chi connectivity index (χ2n) is 12.7. The van der Waals surface area contributed by atoms with Gasteiger partial charge in [0.05, 0.1) is 12.0 Å². The summed E-state index contributed by atoms with van der Waals surface area (Å²) in [5, 5.41) is 74.5. The lowest BCUT2D eigenvalue weighted by molar-refractivity contribution is -0.390. The lowest BCUT2D eigenvalue weighted by atomic mass is 9.52. The van der Waals surface area contributed by atoms with Crippen molar-refractivity contribution in [2.45, 2.75) is 98.6 Å². The molecule has 11 nitrogen and oxygen atoms in total. The molecule has 4 saturated carbocycles. The van der Waals surface area contributed by atoms with Gasteiger partial charge in [0.25, 0.3) is 0 Å². The van der Waals surface area contributed by atoms with Gasteiger partial charge in [0, 0.05) is 18.0 Å². The average Bonchev–Trinajstić information content (AvgIpc) is 3.30. The van der Waals surface area contributed by atoms with E-state index in [4.69, 9.17) is 14.2 Å². The first-order valence-corrected chi connectivity index (χ1v) is 12.5. The molecule has 8 rings (SSSR count). The minimum atomic E-state index is -2.65. The largest absolute Gasteiger partial charge is 0.451 e. The maximum atomic E-state index is 13.2. The number of carbonyl (C=O) groups excluding carboxylic acids is 1. The van der Waals surface area contributed by atoms with E-state index in [1.54, 1.807) is 19.9 Å². The van der Waals surface area contributed by atoms with Gasteiger partial charge in [-0.1, -0.05) is 20.8 Å². The second-order valence-corrected chi connectivity index (χ2v) is 12.7. The van der Waals surface area contributed by atoms with Crippen LogP contribution in [0.25, 0.3) is 0 Å². The number of aliphatic hydroxyl groups is 6. The molecular weight excluding hydrogens is 474 g/mol. The third kappa shape index (κ3) is 1.65. The molecule has 2 spiro atoms. The number of H-pyrrole nitrogens is 1. The number of aromatic nitrogens is 1. The summed E-state index contributed by atoms with van der Waals surface area (Å²) in [6.45, 7) is 6.26. The standard InChI is InChI=1S/C25H33NO10/c1-12(2)22(31)16(35-14(27)13-6-5-9-26-13)23(32)17(3)10-21(30)18(22,4)25(23,33)24(36-21)15(28)19(11-34-19)7-8-20(17,24)29/h5-6,9,12,15-16,26,28-33H,7-8,10-11H2,1-4H3/t15-,16-,17+,18+,19+,20+,21+,22-,23-,24-,25-/m1/s1. The van der Waals surface area contributed by atoms with Crippen LogP contribution in [0.2, 0.25) is 0 Å². The van der Waals surface area contributed by atoms with Crippen LogP contribution < -0.4 is 0 Å². The molecule has 3 saturated heterocycles. The van der Waals surface area contributed by atoms with Crippen LogP contribution in [-0.4, -0.2) is 99.8 Å². The van der Waals surface area contributed by atoms with Crippen molar-refractivity contribution in [1.82, 2.24) is 4.98 Å². The Morgan fingerprint density at radius 2 is 1.83 bits per heavy atom. The first kappa shape index (κ1) is 23.5. The van der Waals surface area contributed by atoms with Gasteiger partial charge in [-0.05, 0) is 37.8 Å². The highest BCUT2D eigenvalue weighted by molar-refractivity contribution is 5.87. The predicted octanol–water partition coefficient (Wildman–Crippen LogP) is -1.05. The summed E-state index contributed by atoms with van der Waals surface area (Å²) in [5.74, 6) is -3.97. The summed E-state index contributed by atoms with van der Waals surface area (Å²) < 4.78 is 17.7. The van der Waals surface area contributed by atoms with Crippen molar-refractivity contribution in [3.8, 4) is 0 Å². The molecule has 0 radical (unpaired) electrons. The molecule has 6 bridgehead atoms. The van der Waals surface area contributed by atoms with Crippen LogP contribution in [0.3, 0.4) is 0 Å². The third-order valence-corrected chi connectivity index (χ3v) is 11.7. The number of nitrogens with one attached hydrogen (secondary N) is 1. The summed E-state index contributed by atoms with van der Waals surface area (Å²) in [7, 11) is 0. The van der Waals surface area contributed by atoms with E-state index in [1.807, 2.05) is 0 Å². The van der Waals surface area contributed by atoms with Crippen LogP contribution in [0, 0.1) is 16.7 Å². The fourth-order valence-electron chi connectivity index (χ4n) is 9.82. The quantitative estimate of drug-likeness (QED) is 0.197. The Kier molecular flexibility index (Phi) is 3.74. The van der Waals surface area contributed by atoms with Gasteiger partial charge >= 0.3 is 5.97 Å². The molecule has 7 N–H and O–H groups in total. The molecule has 7 fully saturated rings. The third-order valence-electron chi connectivity index (χ3n) is 11.7. The van der Waals surface area contributed by atoms with Crippen LogP contribution in [0.5, 0.6) is 0 Å².